The molecule has 3 aromatic carbocycles. The van der Waals surface area contributed by atoms with E-state index in [0.29, 0.717) is 11.3 Å². The minimum atomic E-state index is -1.28. The number of hydrogen-bond acceptors (Lipinski definition) is 4. The first kappa shape index (κ1) is 18.1. The van der Waals surface area contributed by atoms with Crippen molar-refractivity contribution in [1.82, 2.24) is 0 Å². The van der Waals surface area contributed by atoms with Crippen LogP contribution >= 0.6 is 0 Å². The standard InChI is InChI=1S/C24H16N2O3/c25-16-18(24(27)28)14-22-13-17-11-12-21(15-23(17)29-22)26(19-7-3-1-4-8-19)20-9-5-2-6-10-20/h1-15H,(H,27,28)/b18-14-. The number of carboxylic acids is 1. The van der Waals surface area contributed by atoms with Crippen LogP contribution in [0.25, 0.3) is 17.0 Å². The lowest BCUT2D eigenvalue weighted by molar-refractivity contribution is -0.132. The van der Waals surface area contributed by atoms with Gasteiger partial charge in [-0.05, 0) is 42.5 Å². The topological polar surface area (TPSA) is 77.5 Å². The van der Waals surface area contributed by atoms with Gasteiger partial charge in [-0.25, -0.2) is 4.79 Å². The fourth-order valence-corrected chi connectivity index (χ4v) is 3.14. The number of benzene rings is 3. The number of anilines is 3. The van der Waals surface area contributed by atoms with E-state index in [-0.39, 0.29) is 5.57 Å². The largest absolute Gasteiger partial charge is 0.477 e. The van der Waals surface area contributed by atoms with E-state index in [1.807, 2.05) is 78.9 Å². The van der Waals surface area contributed by atoms with Gasteiger partial charge in [0.15, 0.2) is 0 Å². The van der Waals surface area contributed by atoms with E-state index in [1.54, 1.807) is 12.1 Å². The molecule has 4 rings (SSSR count). The third-order valence-corrected chi connectivity index (χ3v) is 4.45. The summed E-state index contributed by atoms with van der Waals surface area (Å²) < 4.78 is 5.80. The maximum absolute atomic E-state index is 11.1. The van der Waals surface area contributed by atoms with Crippen molar-refractivity contribution in [2.45, 2.75) is 0 Å². The molecule has 0 saturated carbocycles. The predicted molar refractivity (Wildman–Crippen MR) is 112 cm³/mol. The number of aliphatic carboxylic acids is 1. The Morgan fingerprint density at radius 3 is 2.07 bits per heavy atom. The summed E-state index contributed by atoms with van der Waals surface area (Å²) in [6.45, 7) is 0. The molecule has 0 saturated heterocycles. The van der Waals surface area contributed by atoms with Gasteiger partial charge in [0.2, 0.25) is 0 Å². The molecule has 0 bridgehead atoms. The summed E-state index contributed by atoms with van der Waals surface area (Å²) in [6, 6.07) is 29.1. The molecule has 0 fully saturated rings. The summed E-state index contributed by atoms with van der Waals surface area (Å²) in [5.41, 5.74) is 3.14. The van der Waals surface area contributed by atoms with Gasteiger partial charge in [0.1, 0.15) is 23.0 Å². The lowest BCUT2D eigenvalue weighted by Crippen LogP contribution is -2.09. The summed E-state index contributed by atoms with van der Waals surface area (Å²) >= 11 is 0. The number of hydrogen-bond donors (Lipinski definition) is 1. The van der Waals surface area contributed by atoms with E-state index >= 15 is 0 Å². The van der Waals surface area contributed by atoms with Crippen LogP contribution in [0.4, 0.5) is 17.1 Å². The Labute approximate surface area is 167 Å². The van der Waals surface area contributed by atoms with E-state index in [0.717, 1.165) is 22.4 Å². The van der Waals surface area contributed by atoms with Crippen LogP contribution < -0.4 is 4.90 Å². The molecule has 140 valence electrons. The molecule has 0 aliphatic carbocycles. The molecular formula is C24H16N2O3. The maximum Gasteiger partial charge on any atom is 0.346 e. The number of para-hydroxylation sites is 2. The predicted octanol–water partition coefficient (Wildman–Crippen LogP) is 5.89. The molecule has 0 aliphatic rings. The first-order valence-corrected chi connectivity index (χ1v) is 8.94. The van der Waals surface area contributed by atoms with Gasteiger partial charge < -0.3 is 14.4 Å². The van der Waals surface area contributed by atoms with Crippen LogP contribution in [0.2, 0.25) is 0 Å². The fraction of sp³-hybridized carbons (Fsp3) is 0. The Morgan fingerprint density at radius 2 is 1.52 bits per heavy atom. The summed E-state index contributed by atoms with van der Waals surface area (Å²) in [4.78, 5) is 13.2. The van der Waals surface area contributed by atoms with Gasteiger partial charge in [0.25, 0.3) is 0 Å². The van der Waals surface area contributed by atoms with Crippen molar-refractivity contribution in [2.24, 2.45) is 0 Å². The molecule has 1 heterocycles. The van der Waals surface area contributed by atoms with Gasteiger partial charge in [-0.2, -0.15) is 5.26 Å². The number of fused-ring (bicyclic) bond motifs is 1. The lowest BCUT2D eigenvalue weighted by atomic mass is 10.1. The number of nitriles is 1. The lowest BCUT2D eigenvalue weighted by Gasteiger charge is -2.25. The number of carboxylic acid groups (broad SMARTS) is 1. The number of carbonyl (C=O) groups is 1. The molecule has 1 aromatic heterocycles. The molecule has 0 unspecified atom stereocenters. The molecule has 0 atom stereocenters. The summed E-state index contributed by atoms with van der Waals surface area (Å²) in [5, 5.41) is 18.8. The minimum absolute atomic E-state index is 0.321. The average Bonchev–Trinajstić information content (AvgIpc) is 3.15. The molecule has 0 radical (unpaired) electrons. The zero-order valence-electron chi connectivity index (χ0n) is 15.3. The molecule has 0 aliphatic heterocycles. The third-order valence-electron chi connectivity index (χ3n) is 4.45. The highest BCUT2D eigenvalue weighted by atomic mass is 16.4. The van der Waals surface area contributed by atoms with E-state index < -0.39 is 5.97 Å². The molecule has 5 heteroatoms. The number of rotatable bonds is 5. The van der Waals surface area contributed by atoms with Gasteiger partial charge in [-0.15, -0.1) is 0 Å². The third kappa shape index (κ3) is 3.73. The maximum atomic E-state index is 11.1. The van der Waals surface area contributed by atoms with Crippen LogP contribution in [-0.2, 0) is 4.79 Å². The van der Waals surface area contributed by atoms with Gasteiger partial charge in [0.05, 0.1) is 0 Å². The molecule has 1 N–H and O–H groups in total. The second kappa shape index (κ2) is 7.75. The van der Waals surface area contributed by atoms with Crippen LogP contribution in [0.15, 0.2) is 94.9 Å². The summed E-state index contributed by atoms with van der Waals surface area (Å²) in [7, 11) is 0. The van der Waals surface area contributed by atoms with Crippen LogP contribution in [0.3, 0.4) is 0 Å². The zero-order valence-corrected chi connectivity index (χ0v) is 15.3. The van der Waals surface area contributed by atoms with Gasteiger partial charge in [-0.1, -0.05) is 36.4 Å². The molecule has 29 heavy (non-hydrogen) atoms. The highest BCUT2D eigenvalue weighted by Crippen LogP contribution is 2.36. The van der Waals surface area contributed by atoms with Crippen molar-refractivity contribution in [2.75, 3.05) is 4.90 Å². The van der Waals surface area contributed by atoms with Gasteiger partial charge >= 0.3 is 5.97 Å². The average molecular weight is 380 g/mol. The molecule has 0 spiro atoms. The SMILES string of the molecule is N#C/C(=C/c1cc2ccc(N(c3ccccc3)c3ccccc3)cc2o1)C(=O)O. The quantitative estimate of drug-likeness (QED) is 0.345. The molecule has 4 aromatic rings. The number of furan rings is 1. The first-order valence-electron chi connectivity index (χ1n) is 8.94. The Bertz CT molecular complexity index is 1200. The van der Waals surface area contributed by atoms with Crippen LogP contribution in [0.1, 0.15) is 5.76 Å². The fourth-order valence-electron chi connectivity index (χ4n) is 3.14. The van der Waals surface area contributed by atoms with Gasteiger partial charge in [0, 0.05) is 34.6 Å². The molecule has 5 nitrogen and oxygen atoms in total. The van der Waals surface area contributed by atoms with E-state index in [1.165, 1.54) is 6.08 Å². The smallest absolute Gasteiger partial charge is 0.346 e. The summed E-state index contributed by atoms with van der Waals surface area (Å²) in [5.74, 6) is -0.963. The molecule has 0 amide bonds. The van der Waals surface area contributed by atoms with Crippen LogP contribution in [0.5, 0.6) is 0 Å². The number of nitrogens with zero attached hydrogens (tertiary/aromatic N) is 2. The first-order chi connectivity index (χ1) is 14.2. The minimum Gasteiger partial charge on any atom is -0.477 e. The van der Waals surface area contributed by atoms with Gasteiger partial charge in [-0.3, -0.25) is 0 Å². The van der Waals surface area contributed by atoms with E-state index in [2.05, 4.69) is 4.90 Å². The monoisotopic (exact) mass is 380 g/mol. The van der Waals surface area contributed by atoms with E-state index in [9.17, 15) is 4.79 Å². The second-order valence-corrected chi connectivity index (χ2v) is 6.35. The highest BCUT2D eigenvalue weighted by Gasteiger charge is 2.14. The normalized spacial score (nSPS) is 11.2. The Balaban J connectivity index is 1.81. The zero-order chi connectivity index (χ0) is 20.2. The summed E-state index contributed by atoms with van der Waals surface area (Å²) in [6.07, 6.45) is 1.23. The van der Waals surface area contributed by atoms with Crippen molar-refractivity contribution < 1.29 is 14.3 Å². The van der Waals surface area contributed by atoms with Crippen LogP contribution in [0, 0.1) is 11.3 Å². The van der Waals surface area contributed by atoms with Crippen molar-refractivity contribution in [3.05, 3.63) is 96.3 Å². The Kier molecular flexibility index (Phi) is 4.83. The van der Waals surface area contributed by atoms with Crippen LogP contribution in [-0.4, -0.2) is 11.1 Å². The molecular weight excluding hydrogens is 364 g/mol. The van der Waals surface area contributed by atoms with Crippen molar-refractivity contribution >= 4 is 40.1 Å². The van der Waals surface area contributed by atoms with Crippen molar-refractivity contribution in [3.8, 4) is 6.07 Å². The second-order valence-electron chi connectivity index (χ2n) is 6.35. The van der Waals surface area contributed by atoms with E-state index in [4.69, 9.17) is 14.8 Å². The highest BCUT2D eigenvalue weighted by molar-refractivity contribution is 5.97. The van der Waals surface area contributed by atoms with Crippen molar-refractivity contribution in [3.63, 3.8) is 0 Å². The Hall–Kier alpha value is -4.30. The van der Waals surface area contributed by atoms with Crippen molar-refractivity contribution in [1.29, 1.82) is 5.26 Å². The Morgan fingerprint density at radius 1 is 0.897 bits per heavy atom.